The summed E-state index contributed by atoms with van der Waals surface area (Å²) in [5, 5.41) is 6.90. The molecule has 1 amide bonds. The Hall–Kier alpha value is -1.45. The number of rotatable bonds is 9. The molecular weight excluding hydrogens is 294 g/mol. The molecule has 0 bridgehead atoms. The molecule has 120 valence electrons. The lowest BCUT2D eigenvalue weighted by molar-refractivity contribution is 0.0952. The maximum absolute atomic E-state index is 12.0. The highest BCUT2D eigenvalue weighted by Gasteiger charge is 2.13. The Morgan fingerprint density at radius 1 is 1.38 bits per heavy atom. The molecule has 0 saturated carbocycles. The second kappa shape index (κ2) is 8.11. The van der Waals surface area contributed by atoms with Crippen molar-refractivity contribution in [3.63, 3.8) is 0 Å². The average molecular weight is 317 g/mol. The molecule has 0 unspecified atom stereocenters. The van der Waals surface area contributed by atoms with E-state index in [2.05, 4.69) is 15.1 Å². The van der Waals surface area contributed by atoms with Gasteiger partial charge in [0.2, 0.25) is 10.0 Å². The third-order valence-electron chi connectivity index (χ3n) is 2.93. The minimum absolute atomic E-state index is 0.203. The highest BCUT2D eigenvalue weighted by atomic mass is 32.2. The minimum Gasteiger partial charge on any atom is -0.352 e. The number of carbonyl (C=O) groups excluding carboxylic acids is 1. The van der Waals surface area contributed by atoms with E-state index < -0.39 is 10.0 Å². The van der Waals surface area contributed by atoms with Crippen molar-refractivity contribution in [3.8, 4) is 0 Å². The zero-order chi connectivity index (χ0) is 15.9. The van der Waals surface area contributed by atoms with Crippen molar-refractivity contribution >= 4 is 15.9 Å². The van der Waals surface area contributed by atoms with Crippen molar-refractivity contribution in [1.82, 2.24) is 19.8 Å². The summed E-state index contributed by atoms with van der Waals surface area (Å²) in [6.07, 6.45) is 3.97. The molecule has 0 aliphatic heterocycles. The van der Waals surface area contributed by atoms with Gasteiger partial charge in [-0.1, -0.05) is 0 Å². The molecule has 21 heavy (non-hydrogen) atoms. The predicted octanol–water partition coefficient (Wildman–Crippen LogP) is -0.791. The number of amides is 1. The van der Waals surface area contributed by atoms with Crippen LogP contribution in [0.2, 0.25) is 0 Å². The highest BCUT2D eigenvalue weighted by Crippen LogP contribution is 2.07. The molecule has 0 aromatic carbocycles. The largest absolute Gasteiger partial charge is 0.352 e. The van der Waals surface area contributed by atoms with Crippen LogP contribution in [0.3, 0.4) is 0 Å². The molecule has 1 aromatic rings. The van der Waals surface area contributed by atoms with Crippen molar-refractivity contribution in [2.75, 3.05) is 25.9 Å². The Morgan fingerprint density at radius 2 is 2.10 bits per heavy atom. The molecule has 0 spiro atoms. The van der Waals surface area contributed by atoms with Crippen LogP contribution in [0, 0.1) is 6.92 Å². The zero-order valence-corrected chi connectivity index (χ0v) is 13.2. The fourth-order valence-electron chi connectivity index (χ4n) is 1.78. The van der Waals surface area contributed by atoms with Gasteiger partial charge in [0.05, 0.1) is 18.0 Å². The van der Waals surface area contributed by atoms with Crippen LogP contribution in [-0.2, 0) is 16.6 Å². The van der Waals surface area contributed by atoms with Gasteiger partial charge in [-0.3, -0.25) is 9.48 Å². The Morgan fingerprint density at radius 3 is 2.71 bits per heavy atom. The summed E-state index contributed by atoms with van der Waals surface area (Å²) in [4.78, 5) is 12.0. The zero-order valence-electron chi connectivity index (χ0n) is 12.4. The Labute approximate surface area is 125 Å². The third kappa shape index (κ3) is 6.23. The minimum atomic E-state index is -3.18. The average Bonchev–Trinajstić information content (AvgIpc) is 2.76. The normalized spacial score (nSPS) is 11.6. The molecule has 0 atom stereocenters. The van der Waals surface area contributed by atoms with E-state index in [0.29, 0.717) is 38.2 Å². The van der Waals surface area contributed by atoms with Gasteiger partial charge in [0.1, 0.15) is 0 Å². The maximum Gasteiger partial charge on any atom is 0.254 e. The second-order valence-corrected chi connectivity index (χ2v) is 6.62. The first-order chi connectivity index (χ1) is 9.85. The number of carbonyl (C=O) groups is 1. The Balaban J connectivity index is 2.40. The maximum atomic E-state index is 12.0. The number of nitrogens with two attached hydrogens (primary N) is 1. The molecular formula is C12H23N5O3S. The van der Waals surface area contributed by atoms with E-state index in [1.54, 1.807) is 4.68 Å². The summed E-state index contributed by atoms with van der Waals surface area (Å²) in [6, 6.07) is 0. The quantitative estimate of drug-likeness (QED) is 0.516. The summed E-state index contributed by atoms with van der Waals surface area (Å²) in [6.45, 7) is 3.80. The smallest absolute Gasteiger partial charge is 0.254 e. The SMILES string of the molecule is Cc1c(C(=O)NCCCNS(C)(=O)=O)cnn1CCCN. The van der Waals surface area contributed by atoms with Crippen LogP contribution in [0.4, 0.5) is 0 Å². The van der Waals surface area contributed by atoms with Gasteiger partial charge in [-0.15, -0.1) is 0 Å². The van der Waals surface area contributed by atoms with Gasteiger partial charge in [0, 0.05) is 25.3 Å². The lowest BCUT2D eigenvalue weighted by Crippen LogP contribution is -2.29. The van der Waals surface area contributed by atoms with Gasteiger partial charge in [0.25, 0.3) is 5.91 Å². The van der Waals surface area contributed by atoms with Crippen LogP contribution in [0.1, 0.15) is 28.9 Å². The van der Waals surface area contributed by atoms with Gasteiger partial charge in [-0.05, 0) is 26.3 Å². The van der Waals surface area contributed by atoms with E-state index in [-0.39, 0.29) is 5.91 Å². The first-order valence-electron chi connectivity index (χ1n) is 6.80. The lowest BCUT2D eigenvalue weighted by Gasteiger charge is -2.06. The first-order valence-corrected chi connectivity index (χ1v) is 8.69. The fourth-order valence-corrected chi connectivity index (χ4v) is 2.29. The lowest BCUT2D eigenvalue weighted by atomic mass is 10.2. The molecule has 4 N–H and O–H groups in total. The van der Waals surface area contributed by atoms with Crippen LogP contribution < -0.4 is 15.8 Å². The van der Waals surface area contributed by atoms with E-state index in [4.69, 9.17) is 5.73 Å². The number of aromatic nitrogens is 2. The molecule has 1 heterocycles. The van der Waals surface area contributed by atoms with E-state index in [1.165, 1.54) is 6.20 Å². The Kier molecular flexibility index (Phi) is 6.79. The van der Waals surface area contributed by atoms with E-state index in [9.17, 15) is 13.2 Å². The van der Waals surface area contributed by atoms with E-state index in [1.807, 2.05) is 6.92 Å². The monoisotopic (exact) mass is 317 g/mol. The van der Waals surface area contributed by atoms with Crippen molar-refractivity contribution < 1.29 is 13.2 Å². The standard InChI is InChI=1S/C12H23N5O3S/c1-10-11(9-15-17(10)8-3-5-13)12(18)14-6-4-7-16-21(2,19)20/h9,16H,3-8,13H2,1-2H3,(H,14,18). The topological polar surface area (TPSA) is 119 Å². The number of hydrogen-bond donors (Lipinski definition) is 3. The van der Waals surface area contributed by atoms with Gasteiger partial charge in [-0.2, -0.15) is 5.10 Å². The second-order valence-electron chi connectivity index (χ2n) is 4.78. The molecule has 0 saturated heterocycles. The Bertz CT molecular complexity index is 567. The van der Waals surface area contributed by atoms with Crippen LogP contribution in [0.5, 0.6) is 0 Å². The summed E-state index contributed by atoms with van der Waals surface area (Å²) in [5.74, 6) is -0.203. The molecule has 9 heteroatoms. The van der Waals surface area contributed by atoms with Crippen molar-refractivity contribution in [1.29, 1.82) is 0 Å². The van der Waals surface area contributed by atoms with Gasteiger partial charge in [-0.25, -0.2) is 13.1 Å². The number of nitrogens with zero attached hydrogens (tertiary/aromatic N) is 2. The summed E-state index contributed by atoms with van der Waals surface area (Å²) in [5.41, 5.74) is 6.78. The van der Waals surface area contributed by atoms with Crippen LogP contribution in [-0.4, -0.2) is 50.0 Å². The van der Waals surface area contributed by atoms with Crippen molar-refractivity contribution in [2.45, 2.75) is 26.3 Å². The van der Waals surface area contributed by atoms with Crippen LogP contribution >= 0.6 is 0 Å². The predicted molar refractivity (Wildman–Crippen MR) is 80.4 cm³/mol. The van der Waals surface area contributed by atoms with Gasteiger partial charge >= 0.3 is 0 Å². The molecule has 0 aliphatic carbocycles. The summed E-state index contributed by atoms with van der Waals surface area (Å²) in [7, 11) is -3.18. The molecule has 8 nitrogen and oxygen atoms in total. The number of sulfonamides is 1. The van der Waals surface area contributed by atoms with E-state index >= 15 is 0 Å². The molecule has 0 radical (unpaired) electrons. The summed E-state index contributed by atoms with van der Waals surface area (Å²) < 4.78 is 25.9. The molecule has 1 rings (SSSR count). The van der Waals surface area contributed by atoms with Crippen LogP contribution in [0.25, 0.3) is 0 Å². The van der Waals surface area contributed by atoms with E-state index in [0.717, 1.165) is 18.4 Å². The molecule has 0 aliphatic rings. The fraction of sp³-hybridized carbons (Fsp3) is 0.667. The number of aryl methyl sites for hydroxylation is 1. The highest BCUT2D eigenvalue weighted by molar-refractivity contribution is 7.88. The van der Waals surface area contributed by atoms with Crippen molar-refractivity contribution in [2.24, 2.45) is 5.73 Å². The van der Waals surface area contributed by atoms with Crippen LogP contribution in [0.15, 0.2) is 6.20 Å². The number of nitrogens with one attached hydrogen (secondary N) is 2. The third-order valence-corrected chi connectivity index (χ3v) is 3.65. The van der Waals surface area contributed by atoms with Gasteiger partial charge < -0.3 is 11.1 Å². The molecule has 0 fully saturated rings. The first kappa shape index (κ1) is 17.6. The molecule has 1 aromatic heterocycles. The summed E-state index contributed by atoms with van der Waals surface area (Å²) >= 11 is 0. The van der Waals surface area contributed by atoms with Crippen molar-refractivity contribution in [3.05, 3.63) is 17.5 Å². The number of hydrogen-bond acceptors (Lipinski definition) is 5. The van der Waals surface area contributed by atoms with Gasteiger partial charge in [0.15, 0.2) is 0 Å².